The second kappa shape index (κ2) is 5.44. The lowest BCUT2D eigenvalue weighted by Gasteiger charge is -2.22. The number of hydrogen-bond acceptors (Lipinski definition) is 2. The van der Waals surface area contributed by atoms with Gasteiger partial charge in [-0.1, -0.05) is 34.1 Å². The van der Waals surface area contributed by atoms with Crippen LogP contribution in [0.2, 0.25) is 0 Å². The van der Waals surface area contributed by atoms with E-state index in [1.165, 1.54) is 16.8 Å². The van der Waals surface area contributed by atoms with Crippen molar-refractivity contribution in [3.8, 4) is 0 Å². The Balaban J connectivity index is 2.21. The normalized spacial score (nSPS) is 10.4. The van der Waals surface area contributed by atoms with Crippen molar-refractivity contribution in [2.45, 2.75) is 13.5 Å². The minimum atomic E-state index is 0.812. The molecule has 18 heavy (non-hydrogen) atoms. The SMILES string of the molecule is Cc1ccc(Br)cc1N(C)Cc1cccc(N)c1. The van der Waals surface area contributed by atoms with Crippen LogP contribution in [0.3, 0.4) is 0 Å². The monoisotopic (exact) mass is 304 g/mol. The minimum Gasteiger partial charge on any atom is -0.399 e. The van der Waals surface area contributed by atoms with Crippen LogP contribution in [0.15, 0.2) is 46.9 Å². The molecule has 0 saturated carbocycles. The third kappa shape index (κ3) is 3.05. The lowest BCUT2D eigenvalue weighted by atomic mass is 10.1. The zero-order valence-corrected chi connectivity index (χ0v) is 12.2. The van der Waals surface area contributed by atoms with E-state index >= 15 is 0 Å². The van der Waals surface area contributed by atoms with Crippen LogP contribution in [-0.4, -0.2) is 7.05 Å². The van der Waals surface area contributed by atoms with Crippen LogP contribution < -0.4 is 10.6 Å². The van der Waals surface area contributed by atoms with Gasteiger partial charge in [0.25, 0.3) is 0 Å². The summed E-state index contributed by atoms with van der Waals surface area (Å²) >= 11 is 3.51. The zero-order chi connectivity index (χ0) is 13.1. The molecule has 0 heterocycles. The molecule has 2 rings (SSSR count). The molecule has 0 atom stereocenters. The van der Waals surface area contributed by atoms with Crippen LogP contribution in [0.1, 0.15) is 11.1 Å². The molecule has 2 aromatic carbocycles. The standard InChI is InChI=1S/C15H17BrN2/c1-11-6-7-13(16)9-15(11)18(2)10-12-4-3-5-14(17)8-12/h3-9H,10,17H2,1-2H3. The second-order valence-electron chi connectivity index (χ2n) is 4.53. The van der Waals surface area contributed by atoms with E-state index in [2.05, 4.69) is 59.1 Å². The zero-order valence-electron chi connectivity index (χ0n) is 10.7. The topological polar surface area (TPSA) is 29.3 Å². The summed E-state index contributed by atoms with van der Waals surface area (Å²) in [6.07, 6.45) is 0. The summed E-state index contributed by atoms with van der Waals surface area (Å²) in [5.41, 5.74) is 10.3. The molecule has 0 saturated heterocycles. The van der Waals surface area contributed by atoms with Gasteiger partial charge in [0.2, 0.25) is 0 Å². The number of rotatable bonds is 3. The average Bonchev–Trinajstić information content (AvgIpc) is 2.32. The molecule has 94 valence electrons. The molecule has 0 spiro atoms. The number of hydrogen-bond donors (Lipinski definition) is 1. The average molecular weight is 305 g/mol. The summed E-state index contributed by atoms with van der Waals surface area (Å²) < 4.78 is 1.10. The van der Waals surface area contributed by atoms with Gasteiger partial charge in [0.15, 0.2) is 0 Å². The smallest absolute Gasteiger partial charge is 0.0427 e. The van der Waals surface area contributed by atoms with Crippen molar-refractivity contribution >= 4 is 27.3 Å². The van der Waals surface area contributed by atoms with Gasteiger partial charge < -0.3 is 10.6 Å². The largest absolute Gasteiger partial charge is 0.399 e. The van der Waals surface area contributed by atoms with Crippen LogP contribution in [-0.2, 0) is 6.54 Å². The Hall–Kier alpha value is -1.48. The molecule has 0 amide bonds. The molecule has 0 radical (unpaired) electrons. The molecule has 0 fully saturated rings. The lowest BCUT2D eigenvalue weighted by Crippen LogP contribution is -2.17. The summed E-state index contributed by atoms with van der Waals surface area (Å²) in [5, 5.41) is 0. The Morgan fingerprint density at radius 2 is 1.94 bits per heavy atom. The summed E-state index contributed by atoms with van der Waals surface area (Å²) in [6.45, 7) is 2.97. The van der Waals surface area contributed by atoms with E-state index in [1.807, 2.05) is 18.2 Å². The van der Waals surface area contributed by atoms with E-state index in [0.717, 1.165) is 16.7 Å². The fourth-order valence-corrected chi connectivity index (χ4v) is 2.39. The Morgan fingerprint density at radius 1 is 1.17 bits per heavy atom. The first kappa shape index (κ1) is 13.0. The highest BCUT2D eigenvalue weighted by Crippen LogP contribution is 2.25. The van der Waals surface area contributed by atoms with Crippen molar-refractivity contribution in [2.24, 2.45) is 0 Å². The van der Waals surface area contributed by atoms with Crippen LogP contribution in [0, 0.1) is 6.92 Å². The van der Waals surface area contributed by atoms with E-state index in [-0.39, 0.29) is 0 Å². The molecule has 2 nitrogen and oxygen atoms in total. The second-order valence-corrected chi connectivity index (χ2v) is 5.45. The van der Waals surface area contributed by atoms with Crippen molar-refractivity contribution in [1.82, 2.24) is 0 Å². The van der Waals surface area contributed by atoms with Gasteiger partial charge in [-0.2, -0.15) is 0 Å². The van der Waals surface area contributed by atoms with Gasteiger partial charge in [-0.3, -0.25) is 0 Å². The van der Waals surface area contributed by atoms with Gasteiger partial charge in [-0.25, -0.2) is 0 Å². The maximum atomic E-state index is 5.80. The Kier molecular flexibility index (Phi) is 3.92. The third-order valence-electron chi connectivity index (χ3n) is 2.95. The number of nitrogen functional groups attached to an aromatic ring is 1. The van der Waals surface area contributed by atoms with Crippen molar-refractivity contribution in [2.75, 3.05) is 17.7 Å². The van der Waals surface area contributed by atoms with Crippen LogP contribution in [0.5, 0.6) is 0 Å². The maximum Gasteiger partial charge on any atom is 0.0427 e. The van der Waals surface area contributed by atoms with Gasteiger partial charge in [0.1, 0.15) is 0 Å². The van der Waals surface area contributed by atoms with Crippen LogP contribution in [0.25, 0.3) is 0 Å². The van der Waals surface area contributed by atoms with Crippen molar-refractivity contribution in [1.29, 1.82) is 0 Å². The highest BCUT2D eigenvalue weighted by Gasteiger charge is 2.06. The lowest BCUT2D eigenvalue weighted by molar-refractivity contribution is 0.917. The number of aryl methyl sites for hydroxylation is 1. The van der Waals surface area contributed by atoms with Crippen molar-refractivity contribution in [3.05, 3.63) is 58.1 Å². The molecule has 0 aliphatic heterocycles. The summed E-state index contributed by atoms with van der Waals surface area (Å²) in [5.74, 6) is 0. The van der Waals surface area contributed by atoms with Gasteiger partial charge in [0.05, 0.1) is 0 Å². The molecule has 0 aliphatic carbocycles. The summed E-state index contributed by atoms with van der Waals surface area (Å²) in [4.78, 5) is 2.23. The Morgan fingerprint density at radius 3 is 2.67 bits per heavy atom. The molecule has 0 aromatic heterocycles. The summed E-state index contributed by atoms with van der Waals surface area (Å²) in [7, 11) is 2.10. The molecular formula is C15H17BrN2. The van der Waals surface area contributed by atoms with Gasteiger partial charge in [0, 0.05) is 29.4 Å². The first-order chi connectivity index (χ1) is 8.56. The highest BCUT2D eigenvalue weighted by atomic mass is 79.9. The fraction of sp³-hybridized carbons (Fsp3) is 0.200. The van der Waals surface area contributed by atoms with Crippen LogP contribution in [0.4, 0.5) is 11.4 Å². The van der Waals surface area contributed by atoms with E-state index in [9.17, 15) is 0 Å². The number of benzene rings is 2. The molecule has 0 aliphatic rings. The van der Waals surface area contributed by atoms with Crippen LogP contribution >= 0.6 is 15.9 Å². The maximum absolute atomic E-state index is 5.80. The molecule has 3 heteroatoms. The first-order valence-corrected chi connectivity index (χ1v) is 6.67. The molecular weight excluding hydrogens is 288 g/mol. The Bertz CT molecular complexity index is 552. The van der Waals surface area contributed by atoms with E-state index in [4.69, 9.17) is 5.73 Å². The molecule has 2 N–H and O–H groups in total. The Labute approximate surface area is 117 Å². The van der Waals surface area contributed by atoms with E-state index in [1.54, 1.807) is 0 Å². The van der Waals surface area contributed by atoms with E-state index < -0.39 is 0 Å². The van der Waals surface area contributed by atoms with E-state index in [0.29, 0.717) is 0 Å². The van der Waals surface area contributed by atoms with Crippen molar-refractivity contribution < 1.29 is 0 Å². The number of nitrogens with zero attached hydrogens (tertiary/aromatic N) is 1. The van der Waals surface area contributed by atoms with Gasteiger partial charge in [-0.15, -0.1) is 0 Å². The predicted octanol–water partition coefficient (Wildman–Crippen LogP) is 3.98. The molecule has 0 unspecified atom stereocenters. The minimum absolute atomic E-state index is 0.812. The molecule has 2 aromatic rings. The highest BCUT2D eigenvalue weighted by molar-refractivity contribution is 9.10. The third-order valence-corrected chi connectivity index (χ3v) is 3.45. The first-order valence-electron chi connectivity index (χ1n) is 5.88. The predicted molar refractivity (Wildman–Crippen MR) is 81.8 cm³/mol. The number of halogens is 1. The van der Waals surface area contributed by atoms with Gasteiger partial charge in [-0.05, 0) is 42.3 Å². The van der Waals surface area contributed by atoms with Gasteiger partial charge >= 0.3 is 0 Å². The van der Waals surface area contributed by atoms with Crippen molar-refractivity contribution in [3.63, 3.8) is 0 Å². The number of nitrogens with two attached hydrogens (primary N) is 1. The number of anilines is 2. The fourth-order valence-electron chi connectivity index (χ4n) is 2.04. The summed E-state index contributed by atoms with van der Waals surface area (Å²) in [6, 6.07) is 14.3. The molecule has 0 bridgehead atoms. The quantitative estimate of drug-likeness (QED) is 0.869.